The number of benzene rings is 2. The molecule has 2 aromatic carbocycles. The van der Waals surface area contributed by atoms with Gasteiger partial charge < -0.3 is 14.2 Å². The van der Waals surface area contributed by atoms with Crippen LogP contribution in [0.3, 0.4) is 0 Å². The molecule has 2 aromatic rings. The van der Waals surface area contributed by atoms with Crippen molar-refractivity contribution in [3.8, 4) is 11.5 Å². The third-order valence-corrected chi connectivity index (χ3v) is 7.48. The molecule has 5 heteroatoms. The van der Waals surface area contributed by atoms with Crippen molar-refractivity contribution in [2.75, 3.05) is 6.61 Å². The van der Waals surface area contributed by atoms with E-state index in [1.165, 1.54) is 77.0 Å². The highest BCUT2D eigenvalue weighted by atomic mass is 16.5. The van der Waals surface area contributed by atoms with Crippen LogP contribution in [-0.2, 0) is 4.74 Å². The summed E-state index contributed by atoms with van der Waals surface area (Å²) in [5.74, 6) is 0.385. The molecule has 0 aliphatic heterocycles. The van der Waals surface area contributed by atoms with E-state index in [9.17, 15) is 9.59 Å². The van der Waals surface area contributed by atoms with Gasteiger partial charge in [-0.3, -0.25) is 0 Å². The lowest BCUT2D eigenvalue weighted by Crippen LogP contribution is -2.20. The number of hydrogen-bond acceptors (Lipinski definition) is 5. The van der Waals surface area contributed by atoms with Crippen LogP contribution in [0.1, 0.15) is 137 Å². The molecule has 0 aromatic heterocycles. The number of carbonyl (C=O) groups is 2. The van der Waals surface area contributed by atoms with Crippen molar-refractivity contribution >= 4 is 11.9 Å². The lowest BCUT2D eigenvalue weighted by molar-refractivity contribution is 0.0211. The molecule has 1 aliphatic rings. The summed E-state index contributed by atoms with van der Waals surface area (Å²) >= 11 is 0. The van der Waals surface area contributed by atoms with Gasteiger partial charge in [0.2, 0.25) is 0 Å². The molecule has 0 saturated heterocycles. The van der Waals surface area contributed by atoms with Gasteiger partial charge in [-0.05, 0) is 80.6 Å². The van der Waals surface area contributed by atoms with Crippen LogP contribution >= 0.6 is 0 Å². The van der Waals surface area contributed by atoms with Gasteiger partial charge in [0, 0.05) is 0 Å². The van der Waals surface area contributed by atoms with Crippen molar-refractivity contribution in [3.05, 3.63) is 59.7 Å². The Hall–Kier alpha value is -2.82. The second-order valence-electron chi connectivity index (χ2n) is 10.8. The molecule has 39 heavy (non-hydrogen) atoms. The number of ether oxygens (including phenoxy) is 3. The van der Waals surface area contributed by atoms with Crippen LogP contribution in [0.2, 0.25) is 0 Å². The molecule has 0 radical (unpaired) electrons. The molecule has 1 fully saturated rings. The number of esters is 2. The van der Waals surface area contributed by atoms with Crippen molar-refractivity contribution in [2.45, 2.75) is 122 Å². The maximum atomic E-state index is 12.5. The standard InChI is InChI=1S/C34H48O5/c1-2-3-4-5-6-7-8-9-10-11-12-16-27-37-30-23-19-28(20-24-30)34(36)39-32-25-21-29(22-26-32)33(35)38-31-17-14-13-15-18-31/h19-26,31H,2-18,27H2,1H3. The first-order valence-electron chi connectivity index (χ1n) is 15.4. The Morgan fingerprint density at radius 3 is 1.67 bits per heavy atom. The number of hydrogen-bond donors (Lipinski definition) is 0. The molecule has 214 valence electrons. The van der Waals surface area contributed by atoms with Gasteiger partial charge >= 0.3 is 11.9 Å². The van der Waals surface area contributed by atoms with Crippen LogP contribution in [0.15, 0.2) is 48.5 Å². The van der Waals surface area contributed by atoms with Gasteiger partial charge in [-0.1, -0.05) is 84.0 Å². The van der Waals surface area contributed by atoms with Gasteiger partial charge in [0.25, 0.3) is 0 Å². The van der Waals surface area contributed by atoms with Crippen molar-refractivity contribution in [1.82, 2.24) is 0 Å². The summed E-state index contributed by atoms with van der Waals surface area (Å²) in [5.41, 5.74) is 0.920. The first kappa shape index (κ1) is 30.7. The van der Waals surface area contributed by atoms with Crippen molar-refractivity contribution in [2.24, 2.45) is 0 Å². The van der Waals surface area contributed by atoms with Crippen LogP contribution in [0.25, 0.3) is 0 Å². The minimum atomic E-state index is -0.444. The van der Waals surface area contributed by atoms with E-state index in [1.54, 1.807) is 36.4 Å². The van der Waals surface area contributed by atoms with Crippen molar-refractivity contribution in [3.63, 3.8) is 0 Å². The Balaban J connectivity index is 1.26. The summed E-state index contributed by atoms with van der Waals surface area (Å²) in [5, 5.41) is 0. The molecule has 0 amide bonds. The predicted octanol–water partition coefficient (Wildman–Crippen LogP) is 9.48. The van der Waals surface area contributed by atoms with Crippen LogP contribution in [0.5, 0.6) is 11.5 Å². The molecule has 5 nitrogen and oxygen atoms in total. The van der Waals surface area contributed by atoms with E-state index in [0.29, 0.717) is 23.5 Å². The smallest absolute Gasteiger partial charge is 0.343 e. The fraction of sp³-hybridized carbons (Fsp3) is 0.588. The molecular weight excluding hydrogens is 488 g/mol. The van der Waals surface area contributed by atoms with Crippen molar-refractivity contribution in [1.29, 1.82) is 0 Å². The average Bonchev–Trinajstić information content (AvgIpc) is 2.96. The highest BCUT2D eigenvalue weighted by Gasteiger charge is 2.19. The fourth-order valence-electron chi connectivity index (χ4n) is 5.05. The number of rotatable bonds is 18. The van der Waals surface area contributed by atoms with Gasteiger partial charge in [0.05, 0.1) is 17.7 Å². The molecule has 3 rings (SSSR count). The van der Waals surface area contributed by atoms with E-state index in [4.69, 9.17) is 14.2 Å². The fourth-order valence-corrected chi connectivity index (χ4v) is 5.05. The third-order valence-electron chi connectivity index (χ3n) is 7.48. The molecule has 0 spiro atoms. The van der Waals surface area contributed by atoms with E-state index < -0.39 is 5.97 Å². The second kappa shape index (κ2) is 18.5. The summed E-state index contributed by atoms with van der Waals surface area (Å²) in [6, 6.07) is 13.6. The van der Waals surface area contributed by atoms with Gasteiger partial charge in [-0.2, -0.15) is 0 Å². The van der Waals surface area contributed by atoms with Crippen LogP contribution in [0.4, 0.5) is 0 Å². The normalized spacial score (nSPS) is 13.7. The quantitative estimate of drug-likeness (QED) is 0.108. The summed E-state index contributed by atoms with van der Waals surface area (Å²) in [4.78, 5) is 24.9. The van der Waals surface area contributed by atoms with Gasteiger partial charge in [0.1, 0.15) is 17.6 Å². The SMILES string of the molecule is CCCCCCCCCCCCCCOc1ccc(C(=O)Oc2ccc(C(=O)OC3CCCCC3)cc2)cc1. The lowest BCUT2D eigenvalue weighted by Gasteiger charge is -2.21. The third kappa shape index (κ3) is 12.3. The molecule has 0 bridgehead atoms. The number of carbonyl (C=O) groups excluding carboxylic acids is 2. The largest absolute Gasteiger partial charge is 0.494 e. The first-order valence-corrected chi connectivity index (χ1v) is 15.4. The maximum absolute atomic E-state index is 12.5. The lowest BCUT2D eigenvalue weighted by atomic mass is 9.98. The van der Waals surface area contributed by atoms with E-state index in [0.717, 1.165) is 37.9 Å². The summed E-state index contributed by atoms with van der Waals surface area (Å²) < 4.78 is 16.9. The zero-order chi connectivity index (χ0) is 27.5. The minimum Gasteiger partial charge on any atom is -0.494 e. The Bertz CT molecular complexity index is 945. The molecular formula is C34H48O5. The average molecular weight is 537 g/mol. The summed E-state index contributed by atoms with van der Waals surface area (Å²) in [6.45, 7) is 2.96. The van der Waals surface area contributed by atoms with E-state index in [1.807, 2.05) is 12.1 Å². The zero-order valence-corrected chi connectivity index (χ0v) is 24.0. The Kier molecular flexibility index (Phi) is 14.5. The highest BCUT2D eigenvalue weighted by Crippen LogP contribution is 2.23. The molecule has 1 saturated carbocycles. The molecule has 1 aliphatic carbocycles. The van der Waals surface area contributed by atoms with Gasteiger partial charge in [0.15, 0.2) is 0 Å². The maximum Gasteiger partial charge on any atom is 0.343 e. The van der Waals surface area contributed by atoms with Gasteiger partial charge in [-0.25, -0.2) is 9.59 Å². The van der Waals surface area contributed by atoms with Crippen molar-refractivity contribution < 1.29 is 23.8 Å². The van der Waals surface area contributed by atoms with E-state index in [2.05, 4.69) is 6.92 Å². The Morgan fingerprint density at radius 2 is 1.10 bits per heavy atom. The molecule has 0 N–H and O–H groups in total. The van der Waals surface area contributed by atoms with E-state index in [-0.39, 0.29) is 12.1 Å². The topological polar surface area (TPSA) is 61.8 Å². The van der Waals surface area contributed by atoms with Gasteiger partial charge in [-0.15, -0.1) is 0 Å². The minimum absolute atomic E-state index is 0.0141. The molecule has 0 atom stereocenters. The second-order valence-corrected chi connectivity index (χ2v) is 10.8. The predicted molar refractivity (Wildman–Crippen MR) is 157 cm³/mol. The zero-order valence-electron chi connectivity index (χ0n) is 24.0. The Morgan fingerprint density at radius 1 is 0.615 bits per heavy atom. The first-order chi connectivity index (χ1) is 19.2. The molecule has 0 heterocycles. The van der Waals surface area contributed by atoms with Crippen LogP contribution in [0, 0.1) is 0 Å². The highest BCUT2D eigenvalue weighted by molar-refractivity contribution is 5.92. The summed E-state index contributed by atoms with van der Waals surface area (Å²) in [6.07, 6.45) is 21.2. The van der Waals surface area contributed by atoms with Crippen LogP contribution in [-0.4, -0.2) is 24.6 Å². The number of unbranched alkanes of at least 4 members (excludes halogenated alkanes) is 11. The van der Waals surface area contributed by atoms with Crippen LogP contribution < -0.4 is 9.47 Å². The monoisotopic (exact) mass is 536 g/mol. The Labute approximate surface area is 235 Å². The van der Waals surface area contributed by atoms with E-state index >= 15 is 0 Å². The molecule has 0 unspecified atom stereocenters. The summed E-state index contributed by atoms with van der Waals surface area (Å²) in [7, 11) is 0.